The van der Waals surface area contributed by atoms with Crippen molar-refractivity contribution in [2.45, 2.75) is 24.3 Å². The Morgan fingerprint density at radius 2 is 1.91 bits per heavy atom. The first-order valence-corrected chi connectivity index (χ1v) is 12.8. The average Bonchev–Trinajstić information content (AvgIpc) is 3.29. The normalized spacial score (nSPS) is 15.6. The van der Waals surface area contributed by atoms with Crippen LogP contribution in [0.3, 0.4) is 0 Å². The van der Waals surface area contributed by atoms with Crippen molar-refractivity contribution < 1.29 is 17.6 Å². The molecule has 0 spiro atoms. The minimum Gasteiger partial charge on any atom is -0.350 e. The highest BCUT2D eigenvalue weighted by molar-refractivity contribution is 7.89. The van der Waals surface area contributed by atoms with Crippen LogP contribution in [0.1, 0.15) is 18.5 Å². The van der Waals surface area contributed by atoms with Gasteiger partial charge in [0, 0.05) is 30.0 Å². The minimum absolute atomic E-state index is 0.0513. The summed E-state index contributed by atoms with van der Waals surface area (Å²) in [6.45, 7) is 0.753. The highest BCUT2D eigenvalue weighted by atomic mass is 35.5. The van der Waals surface area contributed by atoms with Crippen molar-refractivity contribution in [2.24, 2.45) is 5.92 Å². The Labute approximate surface area is 195 Å². The SMILES string of the molecule is O=C(NCc1csc(-c2ccccc2)n1)C1CCN(S(=O)(=O)c2ccc(F)c(Cl)c2)CC1. The average molecular weight is 494 g/mol. The summed E-state index contributed by atoms with van der Waals surface area (Å²) in [7, 11) is -3.79. The summed E-state index contributed by atoms with van der Waals surface area (Å²) >= 11 is 7.25. The fourth-order valence-electron chi connectivity index (χ4n) is 3.57. The van der Waals surface area contributed by atoms with Gasteiger partial charge >= 0.3 is 0 Å². The number of thiazole rings is 1. The number of halogens is 2. The van der Waals surface area contributed by atoms with Crippen LogP contribution in [0.2, 0.25) is 5.02 Å². The molecule has 32 heavy (non-hydrogen) atoms. The molecule has 1 N–H and O–H groups in total. The summed E-state index contributed by atoms with van der Waals surface area (Å²) in [5, 5.41) is 5.49. The number of benzene rings is 2. The van der Waals surface area contributed by atoms with Gasteiger partial charge < -0.3 is 5.32 Å². The molecule has 4 rings (SSSR count). The predicted molar refractivity (Wildman–Crippen MR) is 122 cm³/mol. The first kappa shape index (κ1) is 22.8. The van der Waals surface area contributed by atoms with Crippen LogP contribution < -0.4 is 5.32 Å². The van der Waals surface area contributed by atoms with Crippen molar-refractivity contribution in [3.63, 3.8) is 0 Å². The van der Waals surface area contributed by atoms with Gasteiger partial charge in [0.25, 0.3) is 0 Å². The van der Waals surface area contributed by atoms with Gasteiger partial charge in [-0.1, -0.05) is 41.9 Å². The molecule has 0 radical (unpaired) electrons. The molecule has 6 nitrogen and oxygen atoms in total. The van der Waals surface area contributed by atoms with Gasteiger partial charge in [0.15, 0.2) is 0 Å². The zero-order chi connectivity index (χ0) is 22.7. The number of nitrogens with zero attached hydrogens (tertiary/aromatic N) is 2. The number of hydrogen-bond acceptors (Lipinski definition) is 5. The van der Waals surface area contributed by atoms with Crippen molar-refractivity contribution in [1.82, 2.24) is 14.6 Å². The Morgan fingerprint density at radius 3 is 2.59 bits per heavy atom. The van der Waals surface area contributed by atoms with E-state index in [-0.39, 0.29) is 34.8 Å². The van der Waals surface area contributed by atoms with Crippen LogP contribution >= 0.6 is 22.9 Å². The summed E-state index contributed by atoms with van der Waals surface area (Å²) in [5.74, 6) is -1.05. The number of aromatic nitrogens is 1. The second-order valence-corrected chi connectivity index (χ2v) is 10.7. The third kappa shape index (κ3) is 5.01. The van der Waals surface area contributed by atoms with Crippen LogP contribution in [0.15, 0.2) is 58.8 Å². The largest absolute Gasteiger partial charge is 0.350 e. The molecule has 0 bridgehead atoms. The number of carbonyl (C=O) groups is 1. The van der Waals surface area contributed by atoms with Gasteiger partial charge in [-0.25, -0.2) is 17.8 Å². The van der Waals surface area contributed by atoms with Gasteiger partial charge in [0.05, 0.1) is 22.2 Å². The Kier molecular flexibility index (Phi) is 6.90. The van der Waals surface area contributed by atoms with E-state index >= 15 is 0 Å². The summed E-state index contributed by atoms with van der Waals surface area (Å²) in [4.78, 5) is 17.1. The van der Waals surface area contributed by atoms with E-state index in [0.717, 1.165) is 28.4 Å². The number of carbonyl (C=O) groups excluding carboxylic acids is 1. The molecule has 1 amide bonds. The van der Waals surface area contributed by atoms with Crippen LogP contribution in [-0.2, 0) is 21.4 Å². The third-order valence-corrected chi connectivity index (χ3v) is 8.49. The standard InChI is InChI=1S/C22H21ClFN3O3S2/c23-19-12-18(6-7-20(19)24)32(29,30)27-10-8-15(9-11-27)21(28)25-13-17-14-31-22(26-17)16-4-2-1-3-5-16/h1-7,12,14-15H,8-11,13H2,(H,25,28). The van der Waals surface area contributed by atoms with Gasteiger partial charge in [0.1, 0.15) is 10.8 Å². The Balaban J connectivity index is 1.31. The van der Waals surface area contributed by atoms with Crippen LogP contribution in [0.5, 0.6) is 0 Å². The fraction of sp³-hybridized carbons (Fsp3) is 0.273. The quantitative estimate of drug-likeness (QED) is 0.554. The van der Waals surface area contributed by atoms with E-state index in [2.05, 4.69) is 10.3 Å². The van der Waals surface area contributed by atoms with Gasteiger partial charge in [-0.05, 0) is 31.0 Å². The van der Waals surface area contributed by atoms with Crippen LogP contribution in [0.4, 0.5) is 4.39 Å². The number of sulfonamides is 1. The fourth-order valence-corrected chi connectivity index (χ4v) is 6.14. The van der Waals surface area contributed by atoms with Gasteiger partial charge in [-0.2, -0.15) is 4.31 Å². The molecule has 2 aromatic carbocycles. The van der Waals surface area contributed by atoms with Crippen molar-refractivity contribution in [1.29, 1.82) is 0 Å². The highest BCUT2D eigenvalue weighted by Crippen LogP contribution is 2.27. The number of piperidine rings is 1. The van der Waals surface area contributed by atoms with E-state index in [1.54, 1.807) is 0 Å². The molecule has 0 aliphatic carbocycles. The van der Waals surface area contributed by atoms with E-state index < -0.39 is 15.8 Å². The van der Waals surface area contributed by atoms with Crippen molar-refractivity contribution in [3.8, 4) is 10.6 Å². The molecule has 1 aliphatic rings. The monoisotopic (exact) mass is 493 g/mol. The van der Waals surface area contributed by atoms with E-state index in [0.29, 0.717) is 19.4 Å². The summed E-state index contributed by atoms with van der Waals surface area (Å²) < 4.78 is 40.3. The zero-order valence-electron chi connectivity index (χ0n) is 17.0. The minimum atomic E-state index is -3.79. The smallest absolute Gasteiger partial charge is 0.243 e. The van der Waals surface area contributed by atoms with Crippen molar-refractivity contribution in [3.05, 3.63) is 70.4 Å². The molecule has 2 heterocycles. The molecule has 1 aliphatic heterocycles. The number of amides is 1. The lowest BCUT2D eigenvalue weighted by atomic mass is 9.97. The van der Waals surface area contributed by atoms with Crippen molar-refractivity contribution in [2.75, 3.05) is 13.1 Å². The number of nitrogens with one attached hydrogen (secondary N) is 1. The Hall–Kier alpha value is -2.33. The van der Waals surface area contributed by atoms with Crippen LogP contribution in [0, 0.1) is 11.7 Å². The van der Waals surface area contributed by atoms with Crippen molar-refractivity contribution >= 4 is 38.9 Å². The summed E-state index contributed by atoms with van der Waals surface area (Å²) in [6.07, 6.45) is 0.818. The predicted octanol–water partition coefficient (Wildman–Crippen LogP) is 4.32. The maximum Gasteiger partial charge on any atom is 0.243 e. The number of rotatable bonds is 6. The first-order valence-electron chi connectivity index (χ1n) is 10.1. The molecule has 3 aromatic rings. The van der Waals surface area contributed by atoms with Gasteiger partial charge in [-0.15, -0.1) is 11.3 Å². The maximum atomic E-state index is 13.4. The van der Waals surface area contributed by atoms with E-state index in [9.17, 15) is 17.6 Å². The second kappa shape index (κ2) is 9.66. The lowest BCUT2D eigenvalue weighted by Crippen LogP contribution is -2.42. The molecular formula is C22H21ClFN3O3S2. The lowest BCUT2D eigenvalue weighted by Gasteiger charge is -2.30. The molecule has 1 fully saturated rings. The van der Waals surface area contributed by atoms with Gasteiger partial charge in [-0.3, -0.25) is 4.79 Å². The Bertz CT molecular complexity index is 1210. The lowest BCUT2D eigenvalue weighted by molar-refractivity contribution is -0.126. The van der Waals surface area contributed by atoms with Crippen LogP contribution in [0.25, 0.3) is 10.6 Å². The second-order valence-electron chi connectivity index (χ2n) is 7.48. The Morgan fingerprint density at radius 1 is 1.19 bits per heavy atom. The maximum absolute atomic E-state index is 13.4. The molecule has 10 heteroatoms. The molecule has 0 atom stereocenters. The molecule has 1 aromatic heterocycles. The summed E-state index contributed by atoms with van der Waals surface area (Å²) in [6, 6.07) is 13.2. The highest BCUT2D eigenvalue weighted by Gasteiger charge is 2.32. The molecule has 1 saturated heterocycles. The summed E-state index contributed by atoms with van der Waals surface area (Å²) in [5.41, 5.74) is 1.82. The van der Waals surface area contributed by atoms with E-state index in [4.69, 9.17) is 11.6 Å². The van der Waals surface area contributed by atoms with E-state index in [1.807, 2.05) is 35.7 Å². The molecule has 0 unspecified atom stereocenters. The van der Waals surface area contributed by atoms with E-state index in [1.165, 1.54) is 21.7 Å². The zero-order valence-corrected chi connectivity index (χ0v) is 19.4. The third-order valence-electron chi connectivity index (χ3n) is 5.37. The first-order chi connectivity index (χ1) is 15.3. The molecule has 168 valence electrons. The van der Waals surface area contributed by atoms with Gasteiger partial charge in [0.2, 0.25) is 15.9 Å². The molecule has 0 saturated carbocycles. The molecular weight excluding hydrogens is 473 g/mol. The topological polar surface area (TPSA) is 79.4 Å². The van der Waals surface area contributed by atoms with Crippen LogP contribution in [-0.4, -0.2) is 36.7 Å². The number of hydrogen-bond donors (Lipinski definition) is 1.